The van der Waals surface area contributed by atoms with Gasteiger partial charge in [-0.15, -0.1) is 0 Å². The Balaban J connectivity index is 1.59. The van der Waals surface area contributed by atoms with Gasteiger partial charge in [0.1, 0.15) is 11.6 Å². The number of hydrogen-bond donors (Lipinski definition) is 1. The number of rotatable bonds is 5. The quantitative estimate of drug-likeness (QED) is 0.364. The first-order chi connectivity index (χ1) is 16.1. The molecular weight excluding hydrogens is 424 g/mol. The Labute approximate surface area is 190 Å². The number of anilines is 1. The molecule has 168 valence electrons. The summed E-state index contributed by atoms with van der Waals surface area (Å²) in [4.78, 5) is 17.1. The van der Waals surface area contributed by atoms with Crippen LogP contribution in [0.5, 0.6) is 0 Å². The maximum Gasteiger partial charge on any atom is 0.291 e. The lowest BCUT2D eigenvalue weighted by Crippen LogP contribution is -2.14. The Morgan fingerprint density at radius 2 is 1.76 bits per heavy atom. The SMILES string of the molecule is O=C(Nc1cc(-c2c(-c3ccc(F)cc3)ncn2C2CCCCC2)ccc1F)c1ccco1. The van der Waals surface area contributed by atoms with E-state index < -0.39 is 11.7 Å². The van der Waals surface area contributed by atoms with Crippen LogP contribution in [0.2, 0.25) is 0 Å². The van der Waals surface area contributed by atoms with E-state index in [2.05, 4.69) is 14.9 Å². The molecule has 1 amide bonds. The van der Waals surface area contributed by atoms with Crippen LogP contribution in [0.25, 0.3) is 22.5 Å². The topological polar surface area (TPSA) is 60.1 Å². The third-order valence-corrected chi connectivity index (χ3v) is 6.11. The summed E-state index contributed by atoms with van der Waals surface area (Å²) >= 11 is 0. The summed E-state index contributed by atoms with van der Waals surface area (Å²) in [5.74, 6) is -1.31. The molecule has 5 rings (SSSR count). The average Bonchev–Trinajstić information content (AvgIpc) is 3.52. The van der Waals surface area contributed by atoms with Crippen LogP contribution in [-0.4, -0.2) is 15.5 Å². The van der Waals surface area contributed by atoms with Crippen molar-refractivity contribution in [3.63, 3.8) is 0 Å². The highest BCUT2D eigenvalue weighted by Crippen LogP contribution is 2.38. The predicted molar refractivity (Wildman–Crippen MR) is 122 cm³/mol. The number of furan rings is 1. The van der Waals surface area contributed by atoms with Crippen molar-refractivity contribution in [2.24, 2.45) is 0 Å². The molecule has 5 nitrogen and oxygen atoms in total. The second-order valence-corrected chi connectivity index (χ2v) is 8.27. The van der Waals surface area contributed by atoms with Gasteiger partial charge in [-0.1, -0.05) is 19.3 Å². The Morgan fingerprint density at radius 1 is 1.00 bits per heavy atom. The number of carbonyl (C=O) groups is 1. The number of aromatic nitrogens is 2. The van der Waals surface area contributed by atoms with Gasteiger partial charge in [0.15, 0.2) is 5.76 Å². The highest BCUT2D eigenvalue weighted by molar-refractivity contribution is 6.02. The summed E-state index contributed by atoms with van der Waals surface area (Å²) in [6.45, 7) is 0. The Hall–Kier alpha value is -3.74. The number of imidazole rings is 1. The molecule has 0 unspecified atom stereocenters. The maximum absolute atomic E-state index is 14.6. The summed E-state index contributed by atoms with van der Waals surface area (Å²) in [6.07, 6.45) is 8.77. The molecule has 1 aliphatic carbocycles. The van der Waals surface area contributed by atoms with Crippen molar-refractivity contribution in [3.8, 4) is 22.5 Å². The van der Waals surface area contributed by atoms with Crippen molar-refractivity contribution in [1.29, 1.82) is 0 Å². The minimum atomic E-state index is -0.550. The van der Waals surface area contributed by atoms with Gasteiger partial charge >= 0.3 is 0 Å². The largest absolute Gasteiger partial charge is 0.459 e. The van der Waals surface area contributed by atoms with Gasteiger partial charge in [-0.25, -0.2) is 13.8 Å². The highest BCUT2D eigenvalue weighted by Gasteiger charge is 2.23. The van der Waals surface area contributed by atoms with Gasteiger partial charge in [0.2, 0.25) is 0 Å². The Morgan fingerprint density at radius 3 is 2.48 bits per heavy atom. The number of nitrogens with zero attached hydrogens (tertiary/aromatic N) is 2. The zero-order chi connectivity index (χ0) is 22.8. The van der Waals surface area contributed by atoms with Crippen molar-refractivity contribution in [1.82, 2.24) is 9.55 Å². The molecule has 2 aromatic carbocycles. The van der Waals surface area contributed by atoms with Crippen LogP contribution in [0.3, 0.4) is 0 Å². The molecule has 7 heteroatoms. The molecule has 0 spiro atoms. The standard InChI is InChI=1S/C26H23F2N3O2/c27-19-11-8-17(9-12-19)24-25(31(16-29-24)20-5-2-1-3-6-20)18-10-13-21(28)22(15-18)30-26(32)23-7-4-14-33-23/h4,7-16,20H,1-3,5-6H2,(H,30,32). The molecule has 0 radical (unpaired) electrons. The molecule has 0 aliphatic heterocycles. The van der Waals surface area contributed by atoms with Crippen LogP contribution in [0.4, 0.5) is 14.5 Å². The van der Waals surface area contributed by atoms with Gasteiger partial charge in [0, 0.05) is 17.2 Å². The first-order valence-corrected chi connectivity index (χ1v) is 11.1. The fourth-order valence-electron chi connectivity index (χ4n) is 4.46. The number of hydrogen-bond acceptors (Lipinski definition) is 3. The highest BCUT2D eigenvalue weighted by atomic mass is 19.1. The summed E-state index contributed by atoms with van der Waals surface area (Å²) < 4.78 is 35.4. The van der Waals surface area contributed by atoms with Crippen LogP contribution in [0.1, 0.15) is 48.7 Å². The van der Waals surface area contributed by atoms with Crippen LogP contribution >= 0.6 is 0 Å². The van der Waals surface area contributed by atoms with Gasteiger partial charge in [0.25, 0.3) is 5.91 Å². The lowest BCUT2D eigenvalue weighted by Gasteiger charge is -2.25. The normalized spacial score (nSPS) is 14.4. The predicted octanol–water partition coefficient (Wildman–Crippen LogP) is 6.85. The van der Waals surface area contributed by atoms with E-state index in [4.69, 9.17) is 4.42 Å². The van der Waals surface area contributed by atoms with E-state index in [1.54, 1.807) is 30.3 Å². The van der Waals surface area contributed by atoms with Gasteiger partial charge in [0.05, 0.1) is 29.7 Å². The first-order valence-electron chi connectivity index (χ1n) is 11.1. The molecule has 1 N–H and O–H groups in total. The van der Waals surface area contributed by atoms with E-state index in [1.807, 2.05) is 6.33 Å². The number of nitrogens with one attached hydrogen (secondary N) is 1. The van der Waals surface area contributed by atoms with E-state index in [0.717, 1.165) is 36.9 Å². The second kappa shape index (κ2) is 9.02. The van der Waals surface area contributed by atoms with Crippen LogP contribution in [0.15, 0.2) is 71.6 Å². The van der Waals surface area contributed by atoms with Crippen LogP contribution < -0.4 is 5.32 Å². The van der Waals surface area contributed by atoms with E-state index in [9.17, 15) is 13.6 Å². The zero-order valence-electron chi connectivity index (χ0n) is 17.9. The molecule has 0 atom stereocenters. The van der Waals surface area contributed by atoms with Crippen molar-refractivity contribution in [2.45, 2.75) is 38.1 Å². The molecule has 0 bridgehead atoms. The van der Waals surface area contributed by atoms with Gasteiger partial charge in [-0.3, -0.25) is 4.79 Å². The minimum Gasteiger partial charge on any atom is -0.459 e. The molecular formula is C26H23F2N3O2. The monoisotopic (exact) mass is 447 g/mol. The van der Waals surface area contributed by atoms with Crippen molar-refractivity contribution in [3.05, 3.63) is 84.6 Å². The Kier molecular flexibility index (Phi) is 5.77. The van der Waals surface area contributed by atoms with E-state index >= 15 is 0 Å². The van der Waals surface area contributed by atoms with Gasteiger partial charge in [-0.2, -0.15) is 0 Å². The first kappa shape index (κ1) is 21.1. The summed E-state index contributed by atoms with van der Waals surface area (Å²) in [7, 11) is 0. The lowest BCUT2D eigenvalue weighted by atomic mass is 9.94. The molecule has 2 aromatic heterocycles. The fraction of sp³-hybridized carbons (Fsp3) is 0.231. The third kappa shape index (κ3) is 4.31. The van der Waals surface area contributed by atoms with Crippen molar-refractivity contribution >= 4 is 11.6 Å². The molecule has 0 saturated heterocycles. The van der Waals surface area contributed by atoms with Crippen molar-refractivity contribution < 1.29 is 18.0 Å². The van der Waals surface area contributed by atoms with Crippen LogP contribution in [-0.2, 0) is 0 Å². The molecule has 4 aromatic rings. The van der Waals surface area contributed by atoms with Crippen molar-refractivity contribution in [2.75, 3.05) is 5.32 Å². The van der Waals surface area contributed by atoms with Gasteiger partial charge in [-0.05, 0) is 67.4 Å². The van der Waals surface area contributed by atoms with E-state index in [0.29, 0.717) is 11.3 Å². The average molecular weight is 447 g/mol. The summed E-state index contributed by atoms with van der Waals surface area (Å²) in [6, 6.07) is 14.2. The second-order valence-electron chi connectivity index (χ2n) is 8.27. The zero-order valence-corrected chi connectivity index (χ0v) is 17.9. The fourth-order valence-corrected chi connectivity index (χ4v) is 4.46. The number of benzene rings is 2. The molecule has 1 fully saturated rings. The number of halogens is 2. The molecule has 33 heavy (non-hydrogen) atoms. The van der Waals surface area contributed by atoms with Crippen LogP contribution in [0, 0.1) is 11.6 Å². The third-order valence-electron chi connectivity index (χ3n) is 6.11. The Bertz CT molecular complexity index is 1260. The van der Waals surface area contributed by atoms with Gasteiger partial charge < -0.3 is 14.3 Å². The van der Waals surface area contributed by atoms with E-state index in [1.165, 1.54) is 36.9 Å². The number of amides is 1. The minimum absolute atomic E-state index is 0.0513. The lowest BCUT2D eigenvalue weighted by molar-refractivity contribution is 0.0996. The molecule has 1 aliphatic rings. The summed E-state index contributed by atoms with van der Waals surface area (Å²) in [5, 5.41) is 2.59. The smallest absolute Gasteiger partial charge is 0.291 e. The maximum atomic E-state index is 14.6. The molecule has 2 heterocycles. The van der Waals surface area contributed by atoms with E-state index in [-0.39, 0.29) is 23.3 Å². The number of carbonyl (C=O) groups excluding carboxylic acids is 1. The molecule has 1 saturated carbocycles. The summed E-state index contributed by atoms with van der Waals surface area (Å²) in [5.41, 5.74) is 3.05.